The first-order chi connectivity index (χ1) is 16.0. The highest BCUT2D eigenvalue weighted by molar-refractivity contribution is 7.92. The van der Waals surface area contributed by atoms with E-state index in [4.69, 9.17) is 11.6 Å². The smallest absolute Gasteiger partial charge is 0.480 e. The normalized spacial score (nSPS) is 22.0. The summed E-state index contributed by atoms with van der Waals surface area (Å²) in [6, 6.07) is 2.31. The number of sulfone groups is 1. The van der Waals surface area contributed by atoms with Gasteiger partial charge >= 0.3 is 21.5 Å². The number of hydrogen-bond acceptors (Lipinski definition) is 5. The molecule has 0 aliphatic heterocycles. The molecule has 0 saturated heterocycles. The van der Waals surface area contributed by atoms with E-state index in [0.29, 0.717) is 25.1 Å². The number of hydrogen-bond donors (Lipinski definition) is 1. The third kappa shape index (κ3) is 4.52. The first kappa shape index (κ1) is 27.3. The highest BCUT2D eigenvalue weighted by Crippen LogP contribution is 2.54. The van der Waals surface area contributed by atoms with Gasteiger partial charge in [-0.3, -0.25) is 4.79 Å². The fourth-order valence-electron chi connectivity index (χ4n) is 4.10. The highest BCUT2D eigenvalue weighted by atomic mass is 35.5. The number of rotatable bonds is 7. The predicted octanol–water partition coefficient (Wildman–Crippen LogP) is 4.07. The number of carbonyl (C=O) groups is 1. The van der Waals surface area contributed by atoms with Crippen LogP contribution in [0, 0.1) is 11.6 Å². The summed E-state index contributed by atoms with van der Waals surface area (Å²) in [6.07, 6.45) is -1.93. The number of carboxylic acids is 1. The Balaban J connectivity index is 2.20. The number of halogens is 6. The number of carboxylic acid groups (broad SMARTS) is 1. The summed E-state index contributed by atoms with van der Waals surface area (Å²) in [4.78, 5) is 11.0. The van der Waals surface area contributed by atoms with Crippen molar-refractivity contribution in [2.45, 2.75) is 47.0 Å². The lowest BCUT2D eigenvalue weighted by atomic mass is 9.74. The minimum Gasteiger partial charge on any atom is -0.480 e. The first-order valence-corrected chi connectivity index (χ1v) is 13.0. The summed E-state index contributed by atoms with van der Waals surface area (Å²) in [5.41, 5.74) is -6.62. The second-order valence-electron chi connectivity index (χ2n) is 7.93. The molecule has 192 valence electrons. The predicted molar refractivity (Wildman–Crippen MR) is 114 cm³/mol. The van der Waals surface area contributed by atoms with E-state index in [1.165, 1.54) is 12.1 Å². The lowest BCUT2D eigenvalue weighted by molar-refractivity contribution is -0.142. The number of aliphatic carboxylic acids is 1. The van der Waals surface area contributed by atoms with Crippen molar-refractivity contribution in [2.75, 3.05) is 0 Å². The summed E-state index contributed by atoms with van der Waals surface area (Å²) in [5.74, 6) is -4.17. The van der Waals surface area contributed by atoms with Gasteiger partial charge in [0.2, 0.25) is 0 Å². The Morgan fingerprint density at radius 1 is 1.09 bits per heavy atom. The molecule has 0 amide bonds. The van der Waals surface area contributed by atoms with Crippen LogP contribution in [-0.4, -0.2) is 49.8 Å². The van der Waals surface area contributed by atoms with Gasteiger partial charge in [0.1, 0.15) is 22.4 Å². The van der Waals surface area contributed by atoms with Gasteiger partial charge in [-0.1, -0.05) is 11.6 Å². The summed E-state index contributed by atoms with van der Waals surface area (Å²) in [5, 5.41) is 9.37. The van der Waals surface area contributed by atoms with Gasteiger partial charge in [0.15, 0.2) is 9.84 Å². The molecule has 0 radical (unpaired) electrons. The summed E-state index contributed by atoms with van der Waals surface area (Å²) < 4.78 is 118. The summed E-state index contributed by atoms with van der Waals surface area (Å²) >= 11 is 5.77. The molecular weight excluding hydrogens is 545 g/mol. The fraction of sp³-hybridized carbons (Fsp3) is 0.350. The van der Waals surface area contributed by atoms with Crippen LogP contribution in [0.25, 0.3) is 0 Å². The van der Waals surface area contributed by atoms with E-state index in [2.05, 4.69) is 0 Å². The van der Waals surface area contributed by atoms with E-state index in [-0.39, 0.29) is 9.33 Å². The Morgan fingerprint density at radius 3 is 2.11 bits per heavy atom. The molecule has 2 aromatic rings. The third-order valence-corrected chi connectivity index (χ3v) is 10.3. The van der Waals surface area contributed by atoms with Crippen LogP contribution in [0.3, 0.4) is 0 Å². The quantitative estimate of drug-likeness (QED) is 0.511. The van der Waals surface area contributed by atoms with Gasteiger partial charge in [-0.2, -0.15) is 17.5 Å². The van der Waals surface area contributed by atoms with Crippen molar-refractivity contribution in [3.63, 3.8) is 0 Å². The second kappa shape index (κ2) is 8.98. The Hall–Kier alpha value is -2.29. The van der Waals surface area contributed by atoms with E-state index >= 15 is 0 Å². The summed E-state index contributed by atoms with van der Waals surface area (Å²) in [6.45, 7) is 0.683. The standard InChI is InChI=1S/C20H17ClF5NO6S2/c1-11(18(28)29)27(35(32,33)20(24,25)26)14-9-19(10-14,16-8-13(22)4-7-17(16)23)34(30,31)15-5-2-12(21)3-6-15/h2-8,11,14H,9-10H2,1H3,(H,28,29). The Bertz CT molecular complexity index is 1360. The molecule has 35 heavy (non-hydrogen) atoms. The zero-order valence-corrected chi connectivity index (χ0v) is 20.0. The van der Waals surface area contributed by atoms with Gasteiger partial charge in [0, 0.05) is 16.6 Å². The van der Waals surface area contributed by atoms with Crippen LogP contribution in [0.1, 0.15) is 25.3 Å². The van der Waals surface area contributed by atoms with Crippen molar-refractivity contribution < 1.29 is 48.7 Å². The van der Waals surface area contributed by atoms with E-state index in [9.17, 15) is 48.7 Å². The lowest BCUT2D eigenvalue weighted by Crippen LogP contribution is -2.63. The number of alkyl halides is 3. The van der Waals surface area contributed by atoms with Crippen molar-refractivity contribution in [3.8, 4) is 0 Å². The SMILES string of the molecule is CC(C(=O)O)N(C1CC(c2cc(F)ccc2F)(S(=O)(=O)c2ccc(Cl)cc2)C1)S(=O)(=O)C(F)(F)F. The van der Waals surface area contributed by atoms with Crippen LogP contribution in [0.5, 0.6) is 0 Å². The lowest BCUT2D eigenvalue weighted by Gasteiger charge is -2.51. The zero-order chi connectivity index (χ0) is 26.6. The average Bonchev–Trinajstić information content (AvgIpc) is 2.71. The highest BCUT2D eigenvalue weighted by Gasteiger charge is 2.64. The van der Waals surface area contributed by atoms with Crippen molar-refractivity contribution in [1.29, 1.82) is 0 Å². The molecule has 1 saturated carbocycles. The van der Waals surface area contributed by atoms with Crippen LogP contribution in [0.15, 0.2) is 47.4 Å². The topological polar surface area (TPSA) is 109 Å². The number of sulfonamides is 1. The second-order valence-corrected chi connectivity index (χ2v) is 12.5. The van der Waals surface area contributed by atoms with Gasteiger partial charge in [0.05, 0.1) is 4.90 Å². The molecule has 1 aliphatic carbocycles. The van der Waals surface area contributed by atoms with Crippen LogP contribution >= 0.6 is 11.6 Å². The molecule has 15 heteroatoms. The van der Waals surface area contributed by atoms with Gasteiger partial charge in [-0.15, -0.1) is 0 Å². The Labute approximate surface area is 202 Å². The zero-order valence-electron chi connectivity index (χ0n) is 17.6. The summed E-state index contributed by atoms with van der Waals surface area (Å²) in [7, 11) is -10.9. The van der Waals surface area contributed by atoms with Crippen LogP contribution in [0.4, 0.5) is 22.0 Å². The van der Waals surface area contributed by atoms with Gasteiger partial charge in [-0.05, 0) is 62.2 Å². The maximum atomic E-state index is 14.8. The molecule has 1 N–H and O–H groups in total. The molecule has 0 aromatic heterocycles. The van der Waals surface area contributed by atoms with E-state index in [1.807, 2.05) is 0 Å². The maximum Gasteiger partial charge on any atom is 0.511 e. The van der Waals surface area contributed by atoms with Crippen LogP contribution in [-0.2, 0) is 29.4 Å². The molecule has 0 bridgehead atoms. The first-order valence-electron chi connectivity index (χ1n) is 9.74. The fourth-order valence-corrected chi connectivity index (χ4v) is 7.73. The van der Waals surface area contributed by atoms with Gasteiger partial charge in [-0.25, -0.2) is 25.6 Å². The van der Waals surface area contributed by atoms with Crippen molar-refractivity contribution in [1.82, 2.24) is 4.31 Å². The molecule has 1 unspecified atom stereocenters. The Kier molecular flexibility index (Phi) is 7.00. The number of benzene rings is 2. The average molecular weight is 562 g/mol. The van der Waals surface area contributed by atoms with E-state index in [1.54, 1.807) is 0 Å². The molecule has 2 aromatic carbocycles. The van der Waals surface area contributed by atoms with Crippen molar-refractivity contribution in [3.05, 3.63) is 64.7 Å². The van der Waals surface area contributed by atoms with Crippen molar-refractivity contribution >= 4 is 37.4 Å². The van der Waals surface area contributed by atoms with E-state index < -0.39 is 83.1 Å². The maximum absolute atomic E-state index is 14.8. The monoisotopic (exact) mass is 561 g/mol. The molecule has 1 fully saturated rings. The Morgan fingerprint density at radius 2 is 1.63 bits per heavy atom. The minimum absolute atomic E-state index is 0.138. The molecule has 7 nitrogen and oxygen atoms in total. The largest absolute Gasteiger partial charge is 0.511 e. The molecule has 1 atom stereocenters. The third-order valence-electron chi connectivity index (χ3n) is 5.86. The van der Waals surface area contributed by atoms with Crippen molar-refractivity contribution in [2.24, 2.45) is 0 Å². The number of nitrogens with zero attached hydrogens (tertiary/aromatic N) is 1. The van der Waals surface area contributed by atoms with Gasteiger partial charge in [0.25, 0.3) is 0 Å². The minimum atomic E-state index is -6.24. The molecular formula is C20H17ClF5NO6S2. The molecule has 0 spiro atoms. The van der Waals surface area contributed by atoms with Crippen LogP contribution < -0.4 is 0 Å². The molecule has 3 rings (SSSR count). The van der Waals surface area contributed by atoms with Gasteiger partial charge < -0.3 is 5.11 Å². The molecule has 0 heterocycles. The van der Waals surface area contributed by atoms with Crippen LogP contribution in [0.2, 0.25) is 5.02 Å². The van der Waals surface area contributed by atoms with E-state index in [0.717, 1.165) is 12.1 Å². The molecule has 1 aliphatic rings.